The molecule has 0 spiro atoms. The van der Waals surface area contributed by atoms with Crippen LogP contribution >= 0.6 is 11.8 Å². The first-order valence-corrected chi connectivity index (χ1v) is 10.9. The molecule has 0 atom stereocenters. The van der Waals surface area contributed by atoms with Crippen LogP contribution in [0.4, 0.5) is 0 Å². The van der Waals surface area contributed by atoms with E-state index in [2.05, 4.69) is 20.7 Å². The predicted octanol–water partition coefficient (Wildman–Crippen LogP) is 4.19. The van der Waals surface area contributed by atoms with E-state index in [1.54, 1.807) is 13.3 Å². The second-order valence-corrected chi connectivity index (χ2v) is 7.64. The number of ether oxygens (including phenoxy) is 1. The minimum atomic E-state index is -0.233. The van der Waals surface area contributed by atoms with E-state index < -0.39 is 0 Å². The highest BCUT2D eigenvalue weighted by atomic mass is 32.2. The van der Waals surface area contributed by atoms with E-state index in [1.807, 2.05) is 89.5 Å². The van der Waals surface area contributed by atoms with E-state index in [4.69, 9.17) is 4.74 Å². The molecule has 0 aliphatic heterocycles. The molecule has 160 valence electrons. The van der Waals surface area contributed by atoms with E-state index in [0.717, 1.165) is 28.4 Å². The second-order valence-electron chi connectivity index (χ2n) is 6.70. The lowest BCUT2D eigenvalue weighted by molar-refractivity contribution is -0.118. The maximum Gasteiger partial charge on any atom is 0.250 e. The van der Waals surface area contributed by atoms with Gasteiger partial charge in [-0.3, -0.25) is 9.36 Å². The van der Waals surface area contributed by atoms with Gasteiger partial charge in [-0.2, -0.15) is 5.10 Å². The first kappa shape index (κ1) is 21.3. The zero-order chi connectivity index (χ0) is 22.2. The molecule has 0 aliphatic rings. The number of carbonyl (C=O) groups excluding carboxylic acids is 1. The third-order valence-corrected chi connectivity index (χ3v) is 5.46. The predicted molar refractivity (Wildman–Crippen MR) is 126 cm³/mol. The average molecular weight is 444 g/mol. The zero-order valence-corrected chi connectivity index (χ0v) is 18.2. The van der Waals surface area contributed by atoms with Gasteiger partial charge in [-0.05, 0) is 42.0 Å². The van der Waals surface area contributed by atoms with E-state index in [-0.39, 0.29) is 11.7 Å². The van der Waals surface area contributed by atoms with E-state index in [9.17, 15) is 4.79 Å². The maximum atomic E-state index is 12.3. The highest BCUT2D eigenvalue weighted by molar-refractivity contribution is 7.99. The van der Waals surface area contributed by atoms with Crippen LogP contribution in [0, 0.1) is 0 Å². The molecule has 1 N–H and O–H groups in total. The summed E-state index contributed by atoms with van der Waals surface area (Å²) in [5.74, 6) is 1.40. The van der Waals surface area contributed by atoms with Crippen molar-refractivity contribution in [1.29, 1.82) is 0 Å². The summed E-state index contributed by atoms with van der Waals surface area (Å²) in [4.78, 5) is 12.3. The highest BCUT2D eigenvalue weighted by Gasteiger charge is 2.16. The molecule has 3 aromatic carbocycles. The molecule has 0 radical (unpaired) electrons. The number of carbonyl (C=O) groups is 1. The fourth-order valence-electron chi connectivity index (χ4n) is 2.98. The van der Waals surface area contributed by atoms with Gasteiger partial charge in [0.2, 0.25) is 0 Å². The Labute approximate surface area is 190 Å². The van der Waals surface area contributed by atoms with Gasteiger partial charge in [-0.15, -0.1) is 10.2 Å². The number of thioether (sulfide) groups is 1. The Bertz CT molecular complexity index is 1190. The number of hydrazone groups is 1. The zero-order valence-electron chi connectivity index (χ0n) is 17.4. The largest absolute Gasteiger partial charge is 0.497 e. The fourth-order valence-corrected chi connectivity index (χ4v) is 3.72. The van der Waals surface area contributed by atoms with Crippen molar-refractivity contribution in [3.63, 3.8) is 0 Å². The minimum Gasteiger partial charge on any atom is -0.497 e. The van der Waals surface area contributed by atoms with Gasteiger partial charge in [0, 0.05) is 11.3 Å². The van der Waals surface area contributed by atoms with Crippen LogP contribution in [0.5, 0.6) is 5.75 Å². The summed E-state index contributed by atoms with van der Waals surface area (Å²) < 4.78 is 7.08. The molecule has 0 unspecified atom stereocenters. The van der Waals surface area contributed by atoms with Gasteiger partial charge in [0.15, 0.2) is 11.0 Å². The standard InChI is InChI=1S/C24H21N5O2S/c1-31-21-14-12-18(13-15-21)16-25-26-22(30)17-32-24-28-27-23(19-8-4-2-5-9-19)29(24)20-10-6-3-7-11-20/h2-16H,17H2,1H3,(H,26,30)/b25-16-. The van der Waals surface area contributed by atoms with Crippen molar-refractivity contribution in [2.24, 2.45) is 5.10 Å². The number of para-hydroxylation sites is 1. The summed E-state index contributed by atoms with van der Waals surface area (Å²) in [6, 6.07) is 27.1. The minimum absolute atomic E-state index is 0.152. The quantitative estimate of drug-likeness (QED) is 0.251. The molecule has 0 bridgehead atoms. The molecule has 0 aliphatic carbocycles. The number of methoxy groups -OCH3 is 1. The average Bonchev–Trinajstić information content (AvgIpc) is 3.28. The van der Waals surface area contributed by atoms with Crippen molar-refractivity contribution in [3.8, 4) is 22.8 Å². The van der Waals surface area contributed by atoms with Crippen LogP contribution in [0.3, 0.4) is 0 Å². The summed E-state index contributed by atoms with van der Waals surface area (Å²) in [6.07, 6.45) is 1.59. The van der Waals surface area contributed by atoms with E-state index >= 15 is 0 Å². The number of nitrogens with one attached hydrogen (secondary N) is 1. The van der Waals surface area contributed by atoms with Gasteiger partial charge in [0.25, 0.3) is 5.91 Å². The number of benzene rings is 3. The van der Waals surface area contributed by atoms with Gasteiger partial charge < -0.3 is 4.74 Å². The number of rotatable bonds is 8. The van der Waals surface area contributed by atoms with Crippen LogP contribution in [0.2, 0.25) is 0 Å². The summed E-state index contributed by atoms with van der Waals surface area (Å²) >= 11 is 1.30. The Hall–Kier alpha value is -3.91. The number of nitrogens with zero attached hydrogens (tertiary/aromatic N) is 4. The molecule has 4 aromatic rings. The Morgan fingerprint density at radius 1 is 1.00 bits per heavy atom. The molecule has 0 saturated carbocycles. The summed E-state index contributed by atoms with van der Waals surface area (Å²) in [5.41, 5.74) is 5.28. The van der Waals surface area contributed by atoms with Crippen LogP contribution in [0.15, 0.2) is 95.2 Å². The lowest BCUT2D eigenvalue weighted by atomic mass is 10.2. The van der Waals surface area contributed by atoms with Gasteiger partial charge in [-0.25, -0.2) is 5.43 Å². The molecule has 0 saturated heterocycles. The van der Waals surface area contributed by atoms with Crippen LogP contribution in [-0.4, -0.2) is 39.7 Å². The van der Waals surface area contributed by atoms with Crippen molar-refractivity contribution in [1.82, 2.24) is 20.2 Å². The molecular formula is C24H21N5O2S. The highest BCUT2D eigenvalue weighted by Crippen LogP contribution is 2.27. The second kappa shape index (κ2) is 10.4. The Balaban J connectivity index is 1.45. The number of amides is 1. The monoisotopic (exact) mass is 443 g/mol. The van der Waals surface area contributed by atoms with Crippen LogP contribution in [-0.2, 0) is 4.79 Å². The Morgan fingerprint density at radius 3 is 2.38 bits per heavy atom. The van der Waals surface area contributed by atoms with Crippen molar-refractivity contribution in [2.75, 3.05) is 12.9 Å². The molecule has 0 fully saturated rings. The van der Waals surface area contributed by atoms with Crippen LogP contribution in [0.25, 0.3) is 17.1 Å². The smallest absolute Gasteiger partial charge is 0.250 e. The van der Waals surface area contributed by atoms with Gasteiger partial charge in [-0.1, -0.05) is 60.3 Å². The number of aromatic nitrogens is 3. The lowest BCUT2D eigenvalue weighted by Crippen LogP contribution is -2.20. The van der Waals surface area contributed by atoms with E-state index in [1.165, 1.54) is 11.8 Å². The maximum absolute atomic E-state index is 12.3. The van der Waals surface area contributed by atoms with E-state index in [0.29, 0.717) is 5.16 Å². The topological polar surface area (TPSA) is 81.4 Å². The summed E-state index contributed by atoms with van der Waals surface area (Å²) in [5, 5.41) is 13.4. The van der Waals surface area contributed by atoms with Crippen molar-refractivity contribution >= 4 is 23.9 Å². The van der Waals surface area contributed by atoms with Gasteiger partial charge in [0.05, 0.1) is 19.1 Å². The molecule has 1 heterocycles. The van der Waals surface area contributed by atoms with Crippen molar-refractivity contribution < 1.29 is 9.53 Å². The molecular weight excluding hydrogens is 422 g/mol. The normalized spacial score (nSPS) is 10.9. The molecule has 1 aromatic heterocycles. The van der Waals surface area contributed by atoms with Crippen LogP contribution in [0.1, 0.15) is 5.56 Å². The Kier molecular flexibility index (Phi) is 6.94. The number of hydrogen-bond donors (Lipinski definition) is 1. The fraction of sp³-hybridized carbons (Fsp3) is 0.0833. The molecule has 8 heteroatoms. The summed E-state index contributed by atoms with van der Waals surface area (Å²) in [6.45, 7) is 0. The van der Waals surface area contributed by atoms with Gasteiger partial charge in [0.1, 0.15) is 5.75 Å². The summed E-state index contributed by atoms with van der Waals surface area (Å²) in [7, 11) is 1.61. The lowest BCUT2D eigenvalue weighted by Gasteiger charge is -2.10. The van der Waals surface area contributed by atoms with Crippen molar-refractivity contribution in [2.45, 2.75) is 5.16 Å². The third-order valence-electron chi connectivity index (χ3n) is 4.53. The first-order chi connectivity index (χ1) is 15.7. The molecule has 32 heavy (non-hydrogen) atoms. The SMILES string of the molecule is COc1ccc(/C=N\NC(=O)CSc2nnc(-c3ccccc3)n2-c2ccccc2)cc1. The van der Waals surface area contributed by atoms with Gasteiger partial charge >= 0.3 is 0 Å². The van der Waals surface area contributed by atoms with Crippen molar-refractivity contribution in [3.05, 3.63) is 90.5 Å². The Morgan fingerprint density at radius 2 is 1.69 bits per heavy atom. The van der Waals surface area contributed by atoms with Crippen LogP contribution < -0.4 is 10.2 Å². The molecule has 7 nitrogen and oxygen atoms in total. The third kappa shape index (κ3) is 5.22. The number of hydrogen-bond acceptors (Lipinski definition) is 6. The first-order valence-electron chi connectivity index (χ1n) is 9.89. The molecule has 1 amide bonds. The molecule has 4 rings (SSSR count).